The number of hydrogen-bond donors (Lipinski definition) is 3. The van der Waals surface area contributed by atoms with E-state index < -0.39 is 97.5 Å². The Kier molecular flexibility index (Phi) is 67.2. The van der Waals surface area contributed by atoms with Gasteiger partial charge in [-0.2, -0.15) is 0 Å². The van der Waals surface area contributed by atoms with Crippen LogP contribution < -0.4 is 0 Å². The van der Waals surface area contributed by atoms with Gasteiger partial charge in [0, 0.05) is 25.7 Å². The second kappa shape index (κ2) is 68.9. The van der Waals surface area contributed by atoms with E-state index in [1.165, 1.54) is 167 Å². The highest BCUT2D eigenvalue weighted by atomic mass is 31.2. The molecule has 3 N–H and O–H groups in total. The fourth-order valence-corrected chi connectivity index (χ4v) is 13.1. The number of phosphoric ester groups is 2. The zero-order valence-corrected chi connectivity index (χ0v) is 65.5. The first kappa shape index (κ1) is 95.5. The van der Waals surface area contributed by atoms with Crippen LogP contribution in [-0.4, -0.2) is 96.7 Å². The molecule has 0 heterocycles. The lowest BCUT2D eigenvalue weighted by Gasteiger charge is -2.21. The summed E-state index contributed by atoms with van der Waals surface area (Å²) in [5.41, 5.74) is 0. The zero-order chi connectivity index (χ0) is 72.3. The van der Waals surface area contributed by atoms with Crippen molar-refractivity contribution in [3.8, 4) is 0 Å². The summed E-state index contributed by atoms with van der Waals surface area (Å²) < 4.78 is 68.5. The highest BCUT2D eigenvalue weighted by Crippen LogP contribution is 2.45. The molecule has 19 heteroatoms. The molecular weight excluding hydrogens is 1280 g/mol. The smallest absolute Gasteiger partial charge is 0.462 e. The number of phosphoric acid groups is 2. The molecule has 0 radical (unpaired) electrons. The van der Waals surface area contributed by atoms with Gasteiger partial charge in [-0.1, -0.05) is 330 Å². The number of esters is 4. The third kappa shape index (κ3) is 69.3. The lowest BCUT2D eigenvalue weighted by molar-refractivity contribution is -0.161. The number of aliphatic hydroxyl groups excluding tert-OH is 1. The van der Waals surface area contributed by atoms with Crippen LogP contribution in [0.25, 0.3) is 0 Å². The van der Waals surface area contributed by atoms with Crippen LogP contribution in [0.3, 0.4) is 0 Å². The second-order valence-corrected chi connectivity index (χ2v) is 31.6. The summed E-state index contributed by atoms with van der Waals surface area (Å²) in [6.07, 6.45) is 59.2. The fraction of sp³-hybridized carbons (Fsp3) is 0.899. The molecule has 17 nitrogen and oxygen atoms in total. The highest BCUT2D eigenvalue weighted by molar-refractivity contribution is 7.47. The average molecular weight is 1430 g/mol. The number of carbonyl (C=O) groups is 4. The zero-order valence-electron chi connectivity index (χ0n) is 63.7. The van der Waals surface area contributed by atoms with E-state index in [2.05, 4.69) is 72.8 Å². The topological polar surface area (TPSA) is 237 Å². The molecule has 0 spiro atoms. The van der Waals surface area contributed by atoms with Crippen LogP contribution in [-0.2, 0) is 65.4 Å². The maximum Gasteiger partial charge on any atom is 0.472 e. The fourth-order valence-electron chi connectivity index (χ4n) is 11.5. The van der Waals surface area contributed by atoms with Crippen LogP contribution in [0.4, 0.5) is 0 Å². The van der Waals surface area contributed by atoms with Crippen molar-refractivity contribution >= 4 is 39.5 Å². The molecule has 0 rings (SSSR count). The summed E-state index contributed by atoms with van der Waals surface area (Å²) in [5.74, 6) is 0.174. The maximum absolute atomic E-state index is 13.1. The van der Waals surface area contributed by atoms with Gasteiger partial charge in [-0.3, -0.25) is 37.3 Å². The van der Waals surface area contributed by atoms with E-state index >= 15 is 0 Å². The number of carbonyl (C=O) groups excluding carboxylic acids is 4. The van der Waals surface area contributed by atoms with Gasteiger partial charge in [-0.15, -0.1) is 0 Å². The van der Waals surface area contributed by atoms with Crippen LogP contribution in [0, 0.1) is 17.8 Å². The molecular formula is C79H150O17P2. The first-order valence-corrected chi connectivity index (χ1v) is 43.2. The van der Waals surface area contributed by atoms with Crippen LogP contribution >= 0.6 is 15.6 Å². The molecule has 0 saturated carbocycles. The van der Waals surface area contributed by atoms with E-state index in [4.69, 9.17) is 37.0 Å². The molecule has 578 valence electrons. The van der Waals surface area contributed by atoms with Crippen LogP contribution in [0.15, 0.2) is 24.3 Å². The number of aliphatic hydroxyl groups is 1. The number of rotatable bonds is 75. The van der Waals surface area contributed by atoms with Crippen LogP contribution in [0.1, 0.15) is 382 Å². The minimum absolute atomic E-state index is 0.0842. The predicted molar refractivity (Wildman–Crippen MR) is 400 cm³/mol. The molecule has 4 unspecified atom stereocenters. The summed E-state index contributed by atoms with van der Waals surface area (Å²) in [6, 6.07) is 0. The van der Waals surface area contributed by atoms with Crippen molar-refractivity contribution in [2.24, 2.45) is 17.8 Å². The molecule has 0 saturated heterocycles. The van der Waals surface area contributed by atoms with Crippen molar-refractivity contribution in [3.05, 3.63) is 24.3 Å². The lowest BCUT2D eigenvalue weighted by atomic mass is 9.99. The summed E-state index contributed by atoms with van der Waals surface area (Å²) >= 11 is 0. The Morgan fingerprint density at radius 2 is 0.602 bits per heavy atom. The van der Waals surface area contributed by atoms with E-state index in [9.17, 15) is 43.2 Å². The molecule has 7 atom stereocenters. The van der Waals surface area contributed by atoms with Crippen LogP contribution in [0.5, 0.6) is 0 Å². The number of ether oxygens (including phenoxy) is 4. The summed E-state index contributed by atoms with van der Waals surface area (Å²) in [5, 5.41) is 10.6. The Balaban J connectivity index is 5.21. The van der Waals surface area contributed by atoms with Crippen molar-refractivity contribution < 1.29 is 80.2 Å². The van der Waals surface area contributed by atoms with Gasteiger partial charge in [0.2, 0.25) is 0 Å². The van der Waals surface area contributed by atoms with Crippen molar-refractivity contribution in [1.29, 1.82) is 0 Å². The third-order valence-electron chi connectivity index (χ3n) is 18.5. The highest BCUT2D eigenvalue weighted by Gasteiger charge is 2.30. The van der Waals surface area contributed by atoms with Gasteiger partial charge in [0.05, 0.1) is 26.4 Å². The molecule has 0 bridgehead atoms. The predicted octanol–water partition coefficient (Wildman–Crippen LogP) is 22.9. The Bertz CT molecular complexity index is 2000. The van der Waals surface area contributed by atoms with E-state index in [1.54, 1.807) is 0 Å². The number of unbranched alkanes of at least 4 members (excludes halogenated alkanes) is 38. The minimum Gasteiger partial charge on any atom is -0.462 e. The van der Waals surface area contributed by atoms with E-state index in [0.29, 0.717) is 25.7 Å². The monoisotopic (exact) mass is 1430 g/mol. The SMILES string of the molecule is CCCCCC/C=C\C=C/CCCCCCCC(=O)O[C@H](COC(=O)CCCCCCCCCCC(C)C)COP(=O)(O)OC[C@@H](O)COP(=O)(O)OC[C@@H](COC(=O)CCCCCCCCC(C)CC)OC(=O)CCCCCCCCCCCCCCCCCCCCC(C)CC. The van der Waals surface area contributed by atoms with Crippen molar-refractivity contribution in [2.75, 3.05) is 39.6 Å². The van der Waals surface area contributed by atoms with Crippen molar-refractivity contribution in [3.63, 3.8) is 0 Å². The Morgan fingerprint density at radius 3 is 0.908 bits per heavy atom. The van der Waals surface area contributed by atoms with Crippen LogP contribution in [0.2, 0.25) is 0 Å². The molecule has 0 aliphatic carbocycles. The molecule has 98 heavy (non-hydrogen) atoms. The summed E-state index contributed by atoms with van der Waals surface area (Å²) in [7, 11) is -9.93. The molecule has 0 aromatic carbocycles. The Morgan fingerprint density at radius 1 is 0.337 bits per heavy atom. The van der Waals surface area contributed by atoms with E-state index in [-0.39, 0.29) is 25.7 Å². The molecule has 0 aliphatic heterocycles. The molecule has 0 aromatic rings. The summed E-state index contributed by atoms with van der Waals surface area (Å²) in [6.45, 7) is 11.8. The first-order chi connectivity index (χ1) is 47.3. The van der Waals surface area contributed by atoms with Crippen molar-refractivity contribution in [1.82, 2.24) is 0 Å². The van der Waals surface area contributed by atoms with Gasteiger partial charge in [0.25, 0.3) is 0 Å². The molecule has 0 aliphatic rings. The maximum atomic E-state index is 13.1. The normalized spacial score (nSPS) is 14.7. The molecule has 0 aromatic heterocycles. The second-order valence-electron chi connectivity index (χ2n) is 28.7. The van der Waals surface area contributed by atoms with Crippen molar-refractivity contribution in [2.45, 2.75) is 401 Å². The van der Waals surface area contributed by atoms with Gasteiger partial charge >= 0.3 is 39.5 Å². The molecule has 0 fully saturated rings. The lowest BCUT2D eigenvalue weighted by Crippen LogP contribution is -2.30. The van der Waals surface area contributed by atoms with Gasteiger partial charge in [0.1, 0.15) is 19.3 Å². The minimum atomic E-state index is -4.97. The average Bonchev–Trinajstić information content (AvgIpc) is 0.948. The number of hydrogen-bond acceptors (Lipinski definition) is 15. The van der Waals surface area contributed by atoms with E-state index in [0.717, 1.165) is 133 Å². The first-order valence-electron chi connectivity index (χ1n) is 40.2. The standard InChI is InChI=1S/C79H150O17P2/c1-8-11-12-13-14-15-16-17-22-26-29-32-39-48-55-62-78(83)95-74(66-89-76(81)60-53-46-38-35-34-36-43-50-57-70(4)5)68-93-97(85,86)91-64-73(80)65-92-98(87,88)94-69-75(67-90-77(82)61-54-47-42-41-45-52-59-72(7)10-3)96-79(84)63-56-49-40-33-30-27-24-21-19-18-20-23-25-28-31-37-44-51-58-71(6)9-2/h15-17,22,70-75,80H,8-14,18-21,23-69H2,1-7H3,(H,85,86)(H,87,88)/b16-15-,22-17-/t71?,72?,73-,74-,75-/m1/s1. The Labute approximate surface area is 599 Å². The molecule has 0 amide bonds. The summed E-state index contributed by atoms with van der Waals surface area (Å²) in [4.78, 5) is 72.8. The largest absolute Gasteiger partial charge is 0.472 e. The van der Waals surface area contributed by atoms with E-state index in [1.807, 2.05) is 0 Å². The van der Waals surface area contributed by atoms with Gasteiger partial charge in [0.15, 0.2) is 12.2 Å². The third-order valence-corrected chi connectivity index (χ3v) is 20.4. The van der Waals surface area contributed by atoms with Gasteiger partial charge in [-0.05, 0) is 69.1 Å². The Hall–Kier alpha value is -2.46. The quantitative estimate of drug-likeness (QED) is 0.0169. The van der Waals surface area contributed by atoms with Gasteiger partial charge in [-0.25, -0.2) is 9.13 Å². The van der Waals surface area contributed by atoms with Gasteiger partial charge < -0.3 is 33.8 Å². The number of allylic oxidation sites excluding steroid dienone is 4.